The van der Waals surface area contributed by atoms with Crippen molar-refractivity contribution in [1.29, 1.82) is 0 Å². The highest BCUT2D eigenvalue weighted by Gasteiger charge is 2.34. The molecule has 0 saturated carbocycles. The lowest BCUT2D eigenvalue weighted by Gasteiger charge is -2.32. The Labute approximate surface area is 155 Å². The van der Waals surface area contributed by atoms with Gasteiger partial charge in [0.2, 0.25) is 6.79 Å². The lowest BCUT2D eigenvalue weighted by molar-refractivity contribution is -0.930. The number of nitrogens with one attached hydrogen (secondary N) is 1. The number of hydrogen-bond acceptors (Lipinski definition) is 3. The first kappa shape index (κ1) is 18.0. The monoisotopic (exact) mass is 380 g/mol. The topological polar surface area (TPSA) is 43.1 Å². The Morgan fingerprint density at radius 3 is 2.19 bits per heavy atom. The quantitative estimate of drug-likeness (QED) is 0.859. The van der Waals surface area contributed by atoms with Gasteiger partial charge in [0.15, 0.2) is 11.5 Å². The molecule has 2 aromatic rings. The molecule has 144 valence electrons. The Kier molecular flexibility index (Phi) is 4.63. The molecule has 1 atom stereocenters. The Morgan fingerprint density at radius 1 is 0.926 bits per heavy atom. The Morgan fingerprint density at radius 2 is 1.56 bits per heavy atom. The molecular formula is C20H21F3NO3+. The van der Waals surface area contributed by atoms with Crippen LogP contribution in [-0.4, -0.2) is 25.0 Å². The van der Waals surface area contributed by atoms with Gasteiger partial charge in [0, 0.05) is 11.6 Å². The molecule has 0 aromatic heterocycles. The minimum Gasteiger partial charge on any atom is -0.507 e. The van der Waals surface area contributed by atoms with E-state index in [0.717, 1.165) is 50.0 Å². The summed E-state index contributed by atoms with van der Waals surface area (Å²) in [6.07, 6.45) is -1.11. The number of rotatable bonds is 3. The van der Waals surface area contributed by atoms with Crippen LogP contribution >= 0.6 is 0 Å². The normalized spacial score (nSPS) is 18.5. The predicted molar refractivity (Wildman–Crippen MR) is 92.1 cm³/mol. The fourth-order valence-electron chi connectivity index (χ4n) is 3.97. The first-order valence-corrected chi connectivity index (χ1v) is 9.08. The number of halogens is 3. The number of phenolic OH excluding ortho intramolecular Hbond substituents is 1. The van der Waals surface area contributed by atoms with E-state index in [0.29, 0.717) is 17.1 Å². The molecule has 0 unspecified atom stereocenters. The van der Waals surface area contributed by atoms with Crippen molar-refractivity contribution < 1.29 is 32.7 Å². The molecule has 2 heterocycles. The lowest BCUT2D eigenvalue weighted by atomic mass is 9.93. The third kappa shape index (κ3) is 3.56. The zero-order valence-electron chi connectivity index (χ0n) is 14.7. The van der Waals surface area contributed by atoms with Crippen LogP contribution in [-0.2, 0) is 6.18 Å². The van der Waals surface area contributed by atoms with Crippen LogP contribution in [0.15, 0.2) is 36.4 Å². The first-order chi connectivity index (χ1) is 12.9. The van der Waals surface area contributed by atoms with Crippen molar-refractivity contribution in [2.45, 2.75) is 31.5 Å². The number of ether oxygens (including phenoxy) is 2. The van der Waals surface area contributed by atoms with Crippen molar-refractivity contribution in [3.05, 3.63) is 53.1 Å². The summed E-state index contributed by atoms with van der Waals surface area (Å²) >= 11 is 0. The van der Waals surface area contributed by atoms with Crippen molar-refractivity contribution in [3.8, 4) is 17.2 Å². The van der Waals surface area contributed by atoms with E-state index in [1.54, 1.807) is 6.07 Å². The molecule has 4 rings (SSSR count). The van der Waals surface area contributed by atoms with E-state index in [4.69, 9.17) is 9.47 Å². The maximum Gasteiger partial charge on any atom is 0.416 e. The molecule has 2 aliphatic heterocycles. The summed E-state index contributed by atoms with van der Waals surface area (Å²) in [6.45, 7) is 1.90. The molecule has 0 radical (unpaired) electrons. The molecule has 27 heavy (non-hydrogen) atoms. The van der Waals surface area contributed by atoms with Crippen molar-refractivity contribution in [2.75, 3.05) is 19.9 Å². The van der Waals surface area contributed by atoms with Gasteiger partial charge in [0.1, 0.15) is 11.8 Å². The number of likely N-dealkylation sites (tertiary alicyclic amines) is 1. The lowest BCUT2D eigenvalue weighted by Crippen LogP contribution is -3.13. The van der Waals surface area contributed by atoms with Gasteiger partial charge in [0.25, 0.3) is 0 Å². The molecule has 0 amide bonds. The number of hydrogen-bond donors (Lipinski definition) is 2. The van der Waals surface area contributed by atoms with E-state index in [1.807, 2.05) is 0 Å². The van der Waals surface area contributed by atoms with Crippen molar-refractivity contribution in [2.24, 2.45) is 0 Å². The standard InChI is InChI=1S/C20H20F3NO3/c21-20(22,23)14-6-4-13(5-7-14)19(24-8-2-1-3-9-24)15-10-17-18(11-16(15)25)27-12-26-17/h4-7,10-11,19,25H,1-3,8-9,12H2/p+1/t19-/m0/s1. The number of aromatic hydroxyl groups is 1. The van der Waals surface area contributed by atoms with Crippen LogP contribution in [0.5, 0.6) is 17.2 Å². The molecule has 1 saturated heterocycles. The second-order valence-corrected chi connectivity index (χ2v) is 7.04. The van der Waals surface area contributed by atoms with Crippen LogP contribution in [0.25, 0.3) is 0 Å². The van der Waals surface area contributed by atoms with E-state index in [2.05, 4.69) is 0 Å². The first-order valence-electron chi connectivity index (χ1n) is 9.08. The summed E-state index contributed by atoms with van der Waals surface area (Å²) in [4.78, 5) is 1.23. The average Bonchev–Trinajstić information content (AvgIpc) is 3.10. The van der Waals surface area contributed by atoms with Gasteiger partial charge in [0.05, 0.1) is 24.2 Å². The Hall–Kier alpha value is -2.41. The smallest absolute Gasteiger partial charge is 0.416 e. The van der Waals surface area contributed by atoms with E-state index in [9.17, 15) is 18.3 Å². The van der Waals surface area contributed by atoms with E-state index in [-0.39, 0.29) is 18.6 Å². The van der Waals surface area contributed by atoms with Crippen LogP contribution < -0.4 is 14.4 Å². The van der Waals surface area contributed by atoms with E-state index in [1.165, 1.54) is 23.1 Å². The van der Waals surface area contributed by atoms with Gasteiger partial charge in [-0.2, -0.15) is 13.2 Å². The summed E-state index contributed by atoms with van der Waals surface area (Å²) in [5.41, 5.74) is 0.721. The third-order valence-corrected chi connectivity index (χ3v) is 5.31. The summed E-state index contributed by atoms with van der Waals surface area (Å²) in [5.74, 6) is 1.11. The van der Waals surface area contributed by atoms with Crippen LogP contribution in [0, 0.1) is 0 Å². The number of alkyl halides is 3. The molecular weight excluding hydrogens is 359 g/mol. The number of benzene rings is 2. The van der Waals surface area contributed by atoms with Gasteiger partial charge >= 0.3 is 6.18 Å². The highest BCUT2D eigenvalue weighted by atomic mass is 19.4. The highest BCUT2D eigenvalue weighted by molar-refractivity contribution is 5.53. The van der Waals surface area contributed by atoms with Gasteiger partial charge in [-0.05, 0) is 37.5 Å². The summed E-state index contributed by atoms with van der Waals surface area (Å²) in [6, 6.07) is 8.26. The van der Waals surface area contributed by atoms with E-state index >= 15 is 0 Å². The number of quaternary nitrogens is 1. The summed E-state index contributed by atoms with van der Waals surface area (Å²) < 4.78 is 49.6. The molecule has 0 spiro atoms. The molecule has 2 aliphatic rings. The largest absolute Gasteiger partial charge is 0.507 e. The molecule has 2 N–H and O–H groups in total. The fourth-order valence-corrected chi connectivity index (χ4v) is 3.97. The van der Waals surface area contributed by atoms with Crippen LogP contribution in [0.3, 0.4) is 0 Å². The van der Waals surface area contributed by atoms with Gasteiger partial charge in [-0.3, -0.25) is 0 Å². The van der Waals surface area contributed by atoms with Gasteiger partial charge < -0.3 is 19.5 Å². The van der Waals surface area contributed by atoms with Gasteiger partial charge in [-0.25, -0.2) is 0 Å². The van der Waals surface area contributed by atoms with Crippen LogP contribution in [0.4, 0.5) is 13.2 Å². The van der Waals surface area contributed by atoms with Crippen LogP contribution in [0.2, 0.25) is 0 Å². The SMILES string of the molecule is Oc1cc2c(cc1[C@H](c1ccc(C(F)(F)F)cc1)[NH+]1CCCCC1)OCO2. The molecule has 0 aliphatic carbocycles. The number of fused-ring (bicyclic) bond motifs is 1. The Balaban J connectivity index is 1.76. The zero-order chi connectivity index (χ0) is 19.0. The second-order valence-electron chi connectivity index (χ2n) is 7.04. The van der Waals surface area contributed by atoms with Crippen molar-refractivity contribution >= 4 is 0 Å². The maximum atomic E-state index is 12.9. The fraction of sp³-hybridized carbons (Fsp3) is 0.400. The van der Waals surface area contributed by atoms with Gasteiger partial charge in [-0.1, -0.05) is 12.1 Å². The summed E-state index contributed by atoms with van der Waals surface area (Å²) in [7, 11) is 0. The van der Waals surface area contributed by atoms with Crippen LogP contribution in [0.1, 0.15) is 42.0 Å². The maximum absolute atomic E-state index is 12.9. The van der Waals surface area contributed by atoms with E-state index < -0.39 is 11.7 Å². The minimum absolute atomic E-state index is 0.0715. The predicted octanol–water partition coefficient (Wildman–Crippen LogP) is 3.30. The average molecular weight is 380 g/mol. The molecule has 2 aromatic carbocycles. The molecule has 7 heteroatoms. The third-order valence-electron chi connectivity index (χ3n) is 5.31. The zero-order valence-corrected chi connectivity index (χ0v) is 14.7. The number of piperidine rings is 1. The minimum atomic E-state index is -4.37. The van der Waals surface area contributed by atoms with Crippen molar-refractivity contribution in [1.82, 2.24) is 0 Å². The highest BCUT2D eigenvalue weighted by Crippen LogP contribution is 2.41. The summed E-state index contributed by atoms with van der Waals surface area (Å²) in [5, 5.41) is 10.6. The molecule has 1 fully saturated rings. The second kappa shape index (κ2) is 6.96. The van der Waals surface area contributed by atoms with Crippen molar-refractivity contribution in [3.63, 3.8) is 0 Å². The van der Waals surface area contributed by atoms with Gasteiger partial charge in [-0.15, -0.1) is 0 Å². The molecule has 0 bridgehead atoms. The number of phenols is 1. The molecule has 4 nitrogen and oxygen atoms in total. The Bertz CT molecular complexity index is 814.